The molecule has 1 N–H and O–H groups in total. The van der Waals surface area contributed by atoms with Crippen LogP contribution in [0.3, 0.4) is 0 Å². The Balaban J connectivity index is 2.63. The number of aromatic nitrogens is 1. The molecule has 0 saturated heterocycles. The molecule has 0 aliphatic rings. The van der Waals surface area contributed by atoms with Crippen LogP contribution in [0.5, 0.6) is 0 Å². The second-order valence-electron chi connectivity index (χ2n) is 8.43. The van der Waals surface area contributed by atoms with Gasteiger partial charge in [-0.25, -0.2) is 4.39 Å². The van der Waals surface area contributed by atoms with Gasteiger partial charge >= 0.3 is 0 Å². The van der Waals surface area contributed by atoms with E-state index in [1.807, 2.05) is 13.8 Å². The minimum Gasteiger partial charge on any atom is -0.354 e. The van der Waals surface area contributed by atoms with E-state index in [2.05, 4.69) is 5.32 Å². The van der Waals surface area contributed by atoms with Crippen molar-refractivity contribution in [3.05, 3.63) is 54.2 Å². The van der Waals surface area contributed by atoms with Crippen LogP contribution in [-0.4, -0.2) is 22.8 Å². The van der Waals surface area contributed by atoms with Gasteiger partial charge in [0, 0.05) is 23.6 Å². The van der Waals surface area contributed by atoms with Crippen molar-refractivity contribution < 1.29 is 14.0 Å². The maximum atomic E-state index is 14.2. The minimum atomic E-state index is -0.649. The Bertz CT molecular complexity index is 1110. The lowest BCUT2D eigenvalue weighted by molar-refractivity contribution is -0.122. The predicted octanol–water partition coefficient (Wildman–Crippen LogP) is 2.70. The third-order valence-corrected chi connectivity index (χ3v) is 5.60. The molecule has 0 unspecified atom stereocenters. The molecule has 0 aliphatic carbocycles. The SMILES string of the molecule is CC(C)CNC(=O)Cn1c(=O)/c(=C/c2c(F)cccc2Cl)s/c1=C/C(=O)C(C)(C)C. The molecule has 162 valence electrons. The number of nitrogens with one attached hydrogen (secondary N) is 1. The summed E-state index contributed by atoms with van der Waals surface area (Å²) in [5.41, 5.74) is -1.04. The average molecular weight is 453 g/mol. The number of halogens is 2. The highest BCUT2D eigenvalue weighted by molar-refractivity contribution is 7.07. The summed E-state index contributed by atoms with van der Waals surface area (Å²) < 4.78 is 15.9. The number of Topliss-reactive ketones (excluding diaryl/α,β-unsaturated/α-hetero) is 1. The van der Waals surface area contributed by atoms with E-state index < -0.39 is 16.8 Å². The molecule has 1 heterocycles. The topological polar surface area (TPSA) is 68.2 Å². The first-order chi connectivity index (χ1) is 13.9. The Hall–Kier alpha value is -2.25. The first-order valence-corrected chi connectivity index (χ1v) is 10.8. The molecule has 5 nitrogen and oxygen atoms in total. The molecule has 0 radical (unpaired) electrons. The smallest absolute Gasteiger partial charge is 0.269 e. The minimum absolute atomic E-state index is 0.0858. The lowest BCUT2D eigenvalue weighted by Gasteiger charge is -2.13. The zero-order valence-electron chi connectivity index (χ0n) is 17.7. The highest BCUT2D eigenvalue weighted by Crippen LogP contribution is 2.19. The van der Waals surface area contributed by atoms with Crippen LogP contribution >= 0.6 is 22.9 Å². The average Bonchev–Trinajstić information content (AvgIpc) is 2.91. The van der Waals surface area contributed by atoms with Gasteiger partial charge in [0.1, 0.15) is 17.0 Å². The van der Waals surface area contributed by atoms with Gasteiger partial charge in [-0.05, 0) is 24.1 Å². The van der Waals surface area contributed by atoms with Crippen molar-refractivity contribution >= 4 is 46.8 Å². The van der Waals surface area contributed by atoms with Crippen molar-refractivity contribution in [1.29, 1.82) is 0 Å². The van der Waals surface area contributed by atoms with E-state index in [0.29, 0.717) is 11.2 Å². The first kappa shape index (κ1) is 24.0. The highest BCUT2D eigenvalue weighted by atomic mass is 35.5. The number of thiazole rings is 1. The fourth-order valence-corrected chi connectivity index (χ4v) is 3.66. The zero-order chi connectivity index (χ0) is 22.6. The number of carbonyl (C=O) groups is 2. The maximum Gasteiger partial charge on any atom is 0.269 e. The second-order valence-corrected chi connectivity index (χ2v) is 9.90. The van der Waals surface area contributed by atoms with Gasteiger partial charge in [0.25, 0.3) is 5.56 Å². The summed E-state index contributed by atoms with van der Waals surface area (Å²) in [6.45, 7) is 9.47. The molecule has 0 bridgehead atoms. The molecule has 2 rings (SSSR count). The number of hydrogen-bond donors (Lipinski definition) is 1. The van der Waals surface area contributed by atoms with Crippen LogP contribution < -0.4 is 20.1 Å². The number of benzene rings is 1. The molecule has 2 aromatic rings. The fraction of sp³-hybridized carbons (Fsp3) is 0.409. The number of amides is 1. The fourth-order valence-electron chi connectivity index (χ4n) is 2.42. The Morgan fingerprint density at radius 3 is 2.53 bits per heavy atom. The van der Waals surface area contributed by atoms with Crippen LogP contribution in [0, 0.1) is 17.2 Å². The molecule has 0 saturated carbocycles. The van der Waals surface area contributed by atoms with E-state index in [0.717, 1.165) is 11.3 Å². The molecule has 1 aromatic heterocycles. The van der Waals surface area contributed by atoms with Crippen LogP contribution in [0.15, 0.2) is 23.0 Å². The Morgan fingerprint density at radius 2 is 1.97 bits per heavy atom. The van der Waals surface area contributed by atoms with E-state index in [4.69, 9.17) is 11.6 Å². The molecular weight excluding hydrogens is 427 g/mol. The van der Waals surface area contributed by atoms with Crippen LogP contribution in [0.25, 0.3) is 12.2 Å². The van der Waals surface area contributed by atoms with Crippen LogP contribution in [0.2, 0.25) is 5.02 Å². The summed E-state index contributed by atoms with van der Waals surface area (Å²) in [5, 5.41) is 2.93. The van der Waals surface area contributed by atoms with Gasteiger partial charge < -0.3 is 5.32 Å². The van der Waals surface area contributed by atoms with E-state index >= 15 is 0 Å². The molecule has 1 aromatic carbocycles. The monoisotopic (exact) mass is 452 g/mol. The molecule has 0 aliphatic heterocycles. The molecule has 30 heavy (non-hydrogen) atoms. The van der Waals surface area contributed by atoms with Crippen molar-refractivity contribution in [3.8, 4) is 0 Å². The number of carbonyl (C=O) groups excluding carboxylic acids is 2. The molecule has 8 heteroatoms. The molecule has 0 fully saturated rings. The Kier molecular flexibility index (Phi) is 7.77. The lowest BCUT2D eigenvalue weighted by Crippen LogP contribution is -2.39. The standard InChI is InChI=1S/C22H26ClFN2O3S/c1-13(2)11-25-19(28)12-26-20(10-18(27)22(3,4)5)30-17(21(26)29)9-14-15(23)7-6-8-16(14)24/h6-10,13H,11-12H2,1-5H3,(H,25,28)/b17-9-,20-10+. The zero-order valence-corrected chi connectivity index (χ0v) is 19.3. The summed E-state index contributed by atoms with van der Waals surface area (Å²) in [5.74, 6) is -0.825. The van der Waals surface area contributed by atoms with Gasteiger partial charge in [0.15, 0.2) is 5.78 Å². The molecule has 0 atom stereocenters. The summed E-state index contributed by atoms with van der Waals surface area (Å²) in [7, 11) is 0. The van der Waals surface area contributed by atoms with Crippen molar-refractivity contribution in [3.63, 3.8) is 0 Å². The summed E-state index contributed by atoms with van der Waals surface area (Å²) in [6, 6.07) is 4.25. The van der Waals surface area contributed by atoms with Gasteiger partial charge in [-0.2, -0.15) is 0 Å². The first-order valence-electron chi connectivity index (χ1n) is 9.58. The van der Waals surface area contributed by atoms with Crippen molar-refractivity contribution in [2.75, 3.05) is 6.54 Å². The second kappa shape index (κ2) is 9.71. The molecule has 0 spiro atoms. The Morgan fingerprint density at radius 1 is 1.30 bits per heavy atom. The number of ketones is 1. The van der Waals surface area contributed by atoms with Gasteiger partial charge in [0.05, 0.1) is 9.55 Å². The summed E-state index contributed by atoms with van der Waals surface area (Å²) in [6.07, 6.45) is 2.72. The van der Waals surface area contributed by atoms with Gasteiger partial charge in [0.2, 0.25) is 5.91 Å². The van der Waals surface area contributed by atoms with E-state index in [9.17, 15) is 18.8 Å². The number of nitrogens with zero attached hydrogens (tertiary/aromatic N) is 1. The highest BCUT2D eigenvalue weighted by Gasteiger charge is 2.20. The van der Waals surface area contributed by atoms with E-state index in [1.165, 1.54) is 34.9 Å². The van der Waals surface area contributed by atoms with Gasteiger partial charge in [-0.1, -0.05) is 52.3 Å². The largest absolute Gasteiger partial charge is 0.354 e. The van der Waals surface area contributed by atoms with Crippen molar-refractivity contribution in [1.82, 2.24) is 9.88 Å². The predicted molar refractivity (Wildman–Crippen MR) is 120 cm³/mol. The molecular formula is C22H26ClFN2O3S. The lowest BCUT2D eigenvalue weighted by atomic mass is 9.91. The number of rotatable bonds is 6. The normalized spacial score (nSPS) is 13.2. The van der Waals surface area contributed by atoms with E-state index in [-0.39, 0.29) is 39.3 Å². The van der Waals surface area contributed by atoms with E-state index in [1.54, 1.807) is 20.8 Å². The molecule has 1 amide bonds. The van der Waals surface area contributed by atoms with Crippen LogP contribution in [-0.2, 0) is 16.1 Å². The van der Waals surface area contributed by atoms with Crippen molar-refractivity contribution in [2.45, 2.75) is 41.2 Å². The maximum absolute atomic E-state index is 14.2. The number of hydrogen-bond acceptors (Lipinski definition) is 4. The van der Waals surface area contributed by atoms with Crippen LogP contribution in [0.1, 0.15) is 40.2 Å². The summed E-state index contributed by atoms with van der Waals surface area (Å²) >= 11 is 7.10. The quantitative estimate of drug-likeness (QED) is 0.732. The van der Waals surface area contributed by atoms with Crippen LogP contribution in [0.4, 0.5) is 4.39 Å². The van der Waals surface area contributed by atoms with Gasteiger partial charge in [-0.3, -0.25) is 19.0 Å². The third kappa shape index (κ3) is 6.12. The van der Waals surface area contributed by atoms with Crippen molar-refractivity contribution in [2.24, 2.45) is 11.3 Å². The Labute approximate surface area is 183 Å². The summed E-state index contributed by atoms with van der Waals surface area (Å²) in [4.78, 5) is 37.8. The van der Waals surface area contributed by atoms with Gasteiger partial charge in [-0.15, -0.1) is 11.3 Å². The third-order valence-electron chi connectivity index (χ3n) is 4.21.